The number of nitrogens with two attached hydrogens (primary N) is 1. The van der Waals surface area contributed by atoms with Crippen LogP contribution in [0.2, 0.25) is 0 Å². The van der Waals surface area contributed by atoms with Gasteiger partial charge in [-0.15, -0.1) is 0 Å². The van der Waals surface area contributed by atoms with Crippen molar-refractivity contribution in [3.63, 3.8) is 0 Å². The monoisotopic (exact) mass is 601 g/mol. The highest BCUT2D eigenvalue weighted by Crippen LogP contribution is 2.27. The molecule has 43 heavy (non-hydrogen) atoms. The summed E-state index contributed by atoms with van der Waals surface area (Å²) in [5, 5.41) is 13.1. The number of aliphatic imine (C=N–C) groups is 1. The SMILES string of the molecule is CC(N)=NC(=O)C(CNC(=O)c1cc(-c2ccc(S(C)(=O)=O)cc2)ccc1O)Cc1ccc(-c2ccc(F)c(C)c2)cc1. The minimum Gasteiger partial charge on any atom is -0.507 e. The minimum atomic E-state index is -3.36. The summed E-state index contributed by atoms with van der Waals surface area (Å²) in [7, 11) is -3.36. The number of hydrogen-bond acceptors (Lipinski definition) is 5. The molecule has 4 rings (SSSR count). The molecule has 0 heterocycles. The first-order valence-corrected chi connectivity index (χ1v) is 15.3. The fourth-order valence-corrected chi connectivity index (χ4v) is 5.19. The summed E-state index contributed by atoms with van der Waals surface area (Å²) in [5.41, 5.74) is 10.0. The van der Waals surface area contributed by atoms with E-state index in [2.05, 4.69) is 10.3 Å². The van der Waals surface area contributed by atoms with Crippen LogP contribution in [0.4, 0.5) is 4.39 Å². The molecule has 0 fully saturated rings. The Morgan fingerprint density at radius 2 is 1.47 bits per heavy atom. The third-order valence-electron chi connectivity index (χ3n) is 6.93. The lowest BCUT2D eigenvalue weighted by molar-refractivity contribution is -0.121. The number of halogens is 1. The maximum absolute atomic E-state index is 13.7. The first-order chi connectivity index (χ1) is 20.3. The molecular formula is C33H32FN3O5S. The fourth-order valence-electron chi connectivity index (χ4n) is 4.56. The first kappa shape index (κ1) is 31.1. The number of nitrogens with zero attached hydrogens (tertiary/aromatic N) is 1. The highest BCUT2D eigenvalue weighted by Gasteiger charge is 2.22. The molecule has 8 nitrogen and oxygen atoms in total. The van der Waals surface area contributed by atoms with Gasteiger partial charge in [-0.2, -0.15) is 0 Å². The van der Waals surface area contributed by atoms with E-state index in [-0.39, 0.29) is 40.8 Å². The molecule has 0 aliphatic rings. The number of phenols is 1. The molecule has 10 heteroatoms. The Kier molecular flexibility index (Phi) is 9.40. The summed E-state index contributed by atoms with van der Waals surface area (Å²) in [5.74, 6) is -2.27. The molecule has 0 spiro atoms. The molecule has 1 atom stereocenters. The third kappa shape index (κ3) is 7.92. The third-order valence-corrected chi connectivity index (χ3v) is 8.06. The number of aromatic hydroxyl groups is 1. The number of sulfone groups is 1. The van der Waals surface area contributed by atoms with Crippen LogP contribution in [0.5, 0.6) is 5.75 Å². The van der Waals surface area contributed by atoms with Crippen molar-refractivity contribution in [2.45, 2.75) is 25.2 Å². The van der Waals surface area contributed by atoms with Crippen LogP contribution in [-0.4, -0.2) is 44.0 Å². The van der Waals surface area contributed by atoms with Crippen LogP contribution in [0.3, 0.4) is 0 Å². The molecule has 1 unspecified atom stereocenters. The van der Waals surface area contributed by atoms with Crippen LogP contribution in [0.15, 0.2) is 94.8 Å². The maximum Gasteiger partial charge on any atom is 0.255 e. The molecule has 222 valence electrons. The predicted octanol–water partition coefficient (Wildman–Crippen LogP) is 5.07. The Hall–Kier alpha value is -4.83. The van der Waals surface area contributed by atoms with E-state index in [0.717, 1.165) is 22.9 Å². The highest BCUT2D eigenvalue weighted by molar-refractivity contribution is 7.90. The average Bonchev–Trinajstić information content (AvgIpc) is 2.96. The van der Waals surface area contributed by atoms with E-state index in [9.17, 15) is 27.5 Å². The molecule has 4 aromatic carbocycles. The molecule has 4 aromatic rings. The second-order valence-corrected chi connectivity index (χ2v) is 12.4. The van der Waals surface area contributed by atoms with Crippen molar-refractivity contribution in [1.82, 2.24) is 5.32 Å². The Morgan fingerprint density at radius 1 is 0.907 bits per heavy atom. The lowest BCUT2D eigenvalue weighted by Gasteiger charge is -2.16. The van der Waals surface area contributed by atoms with Gasteiger partial charge >= 0.3 is 0 Å². The molecule has 4 N–H and O–H groups in total. The Morgan fingerprint density at radius 3 is 2.05 bits per heavy atom. The zero-order chi connectivity index (χ0) is 31.3. The van der Waals surface area contributed by atoms with Gasteiger partial charge in [0.2, 0.25) is 0 Å². The van der Waals surface area contributed by atoms with Crippen molar-refractivity contribution in [2.75, 3.05) is 12.8 Å². The molecule has 0 saturated heterocycles. The van der Waals surface area contributed by atoms with E-state index in [1.807, 2.05) is 24.3 Å². The molecule has 0 radical (unpaired) electrons. The Labute approximate surface area is 250 Å². The number of hydrogen-bond donors (Lipinski definition) is 3. The van der Waals surface area contributed by atoms with Crippen molar-refractivity contribution < 1.29 is 27.5 Å². The number of benzene rings is 4. The lowest BCUT2D eigenvalue weighted by Crippen LogP contribution is -2.34. The van der Waals surface area contributed by atoms with Gasteiger partial charge in [0.25, 0.3) is 11.8 Å². The number of nitrogens with one attached hydrogen (secondary N) is 1. The zero-order valence-corrected chi connectivity index (χ0v) is 24.8. The normalized spacial score (nSPS) is 12.5. The summed E-state index contributed by atoms with van der Waals surface area (Å²) < 4.78 is 37.2. The maximum atomic E-state index is 13.7. The number of carbonyl (C=O) groups excluding carboxylic acids is 2. The number of amides is 2. The summed E-state index contributed by atoms with van der Waals surface area (Å²) in [6.07, 6.45) is 1.38. The number of rotatable bonds is 9. The van der Waals surface area contributed by atoms with E-state index in [0.29, 0.717) is 16.7 Å². The summed E-state index contributed by atoms with van der Waals surface area (Å²) in [6.45, 7) is 3.13. The smallest absolute Gasteiger partial charge is 0.255 e. The van der Waals surface area contributed by atoms with Crippen molar-refractivity contribution in [2.24, 2.45) is 16.6 Å². The van der Waals surface area contributed by atoms with Gasteiger partial charge in [0, 0.05) is 12.8 Å². The second kappa shape index (κ2) is 13.0. The summed E-state index contributed by atoms with van der Waals surface area (Å²) >= 11 is 0. The first-order valence-electron chi connectivity index (χ1n) is 13.4. The predicted molar refractivity (Wildman–Crippen MR) is 165 cm³/mol. The highest BCUT2D eigenvalue weighted by atomic mass is 32.2. The molecule has 0 aromatic heterocycles. The van der Waals surface area contributed by atoms with Gasteiger partial charge in [0.1, 0.15) is 11.6 Å². The van der Waals surface area contributed by atoms with Crippen LogP contribution in [0, 0.1) is 18.7 Å². The summed E-state index contributed by atoms with van der Waals surface area (Å²) in [4.78, 5) is 30.1. The van der Waals surface area contributed by atoms with Gasteiger partial charge in [-0.1, -0.05) is 48.5 Å². The second-order valence-electron chi connectivity index (χ2n) is 10.4. The van der Waals surface area contributed by atoms with Crippen molar-refractivity contribution in [3.05, 3.63) is 107 Å². The molecule has 0 saturated carbocycles. The van der Waals surface area contributed by atoms with Crippen molar-refractivity contribution in [3.8, 4) is 28.0 Å². The van der Waals surface area contributed by atoms with Crippen molar-refractivity contribution in [1.29, 1.82) is 0 Å². The number of aryl methyl sites for hydroxylation is 1. The average molecular weight is 602 g/mol. The van der Waals surface area contributed by atoms with Gasteiger partial charge in [-0.25, -0.2) is 17.8 Å². The van der Waals surface area contributed by atoms with Gasteiger partial charge < -0.3 is 16.2 Å². The standard InChI is InChI=1S/C33H32FN3O5S/c1-20-16-25(10-14-30(20)34)23-6-4-22(5-7-23)17-27(32(39)37-21(2)35)19-36-33(40)29-18-26(11-15-31(29)38)24-8-12-28(13-9-24)43(3,41)42/h4-16,18,27,38H,17,19H2,1-3H3,(H,36,40)(H2,35,37,39). The molecule has 0 aliphatic carbocycles. The van der Waals surface area contributed by atoms with Crippen LogP contribution in [0.25, 0.3) is 22.3 Å². The van der Waals surface area contributed by atoms with Crippen molar-refractivity contribution >= 4 is 27.5 Å². The van der Waals surface area contributed by atoms with E-state index < -0.39 is 27.6 Å². The number of phenolic OH excluding ortho intramolecular Hbond substituents is 1. The van der Waals surface area contributed by atoms with E-state index in [4.69, 9.17) is 5.73 Å². The van der Waals surface area contributed by atoms with Crippen LogP contribution < -0.4 is 11.1 Å². The minimum absolute atomic E-state index is 0.00617. The number of amidine groups is 1. The Balaban J connectivity index is 1.51. The van der Waals surface area contributed by atoms with Crippen LogP contribution >= 0.6 is 0 Å². The molecule has 0 bridgehead atoms. The van der Waals surface area contributed by atoms with Gasteiger partial charge in [-0.3, -0.25) is 9.59 Å². The summed E-state index contributed by atoms with van der Waals surface area (Å²) in [6, 6.07) is 23.0. The molecular weight excluding hydrogens is 569 g/mol. The Bertz CT molecular complexity index is 1800. The van der Waals surface area contributed by atoms with Crippen LogP contribution in [-0.2, 0) is 21.1 Å². The van der Waals surface area contributed by atoms with E-state index in [1.165, 1.54) is 37.3 Å². The van der Waals surface area contributed by atoms with Gasteiger partial charge in [0.15, 0.2) is 9.84 Å². The molecule has 2 amide bonds. The van der Waals surface area contributed by atoms with E-state index >= 15 is 0 Å². The van der Waals surface area contributed by atoms with E-state index in [1.54, 1.807) is 37.3 Å². The fraction of sp³-hybridized carbons (Fsp3) is 0.182. The largest absolute Gasteiger partial charge is 0.507 e. The number of carbonyl (C=O) groups is 2. The van der Waals surface area contributed by atoms with Crippen LogP contribution in [0.1, 0.15) is 28.4 Å². The van der Waals surface area contributed by atoms with Gasteiger partial charge in [0.05, 0.1) is 22.2 Å². The topological polar surface area (TPSA) is 139 Å². The lowest BCUT2D eigenvalue weighted by atomic mass is 9.95. The molecule has 0 aliphatic heterocycles. The van der Waals surface area contributed by atoms with Gasteiger partial charge in [-0.05, 0) is 90.0 Å². The quantitative estimate of drug-likeness (QED) is 0.181. The zero-order valence-electron chi connectivity index (χ0n) is 24.0.